The Balaban J connectivity index is 0.000000436. The molecule has 0 radical (unpaired) electrons. The first-order valence-corrected chi connectivity index (χ1v) is 15.2. The number of hydrogen-bond acceptors (Lipinski definition) is 7. The molecule has 3 aliphatic rings. The zero-order valence-electron chi connectivity index (χ0n) is 26.1. The zero-order valence-corrected chi connectivity index (χ0v) is 26.1. The minimum atomic E-state index is -0.435. The average Bonchev–Trinajstić information content (AvgIpc) is 2.87. The van der Waals surface area contributed by atoms with Gasteiger partial charge in [-0.2, -0.15) is 0 Å². The number of anilines is 1. The second-order valence-corrected chi connectivity index (χ2v) is 13.0. The summed E-state index contributed by atoms with van der Waals surface area (Å²) in [7, 11) is 0. The van der Waals surface area contributed by atoms with Crippen LogP contribution < -0.4 is 10.2 Å². The zero-order chi connectivity index (χ0) is 30.3. The molecule has 3 saturated heterocycles. The number of ether oxygens (including phenoxy) is 1. The molecular weight excluding hydrogens is 520 g/mol. The number of amides is 3. The number of nitrogens with one attached hydrogen (secondary N) is 1. The van der Waals surface area contributed by atoms with Crippen molar-refractivity contribution in [1.29, 1.82) is 0 Å². The van der Waals surface area contributed by atoms with Crippen LogP contribution in [0.2, 0.25) is 0 Å². The number of carbonyl (C=O) groups is 4. The number of Topliss-reactive ketones (excluding diaryl/α,β-unsaturated/α-hetero) is 1. The van der Waals surface area contributed by atoms with Crippen LogP contribution >= 0.6 is 0 Å². The van der Waals surface area contributed by atoms with Gasteiger partial charge in [0.1, 0.15) is 5.60 Å². The standard InChI is InChI=1S/C26H41N3O3.C6H9NO2/c1-7-19(2)14-22-15-23(8-9-24(22)20(3)30)28-12-10-27(11-13-28)16-21-17-29(18-21)25(31)32-26(4,5)6;1-4-2-3-5(8)7-6(4)9/h8-9,15,19,21H,7,10-14,16-18H2,1-6H3;4H,2-3H2,1H3,(H,7,8,9). The Bertz CT molecular complexity index is 1080. The third-order valence-electron chi connectivity index (χ3n) is 8.11. The third-order valence-corrected chi connectivity index (χ3v) is 8.11. The lowest BCUT2D eigenvalue weighted by atomic mass is 9.93. The van der Waals surface area contributed by atoms with Crippen LogP contribution in [-0.2, 0) is 20.7 Å². The van der Waals surface area contributed by atoms with Gasteiger partial charge in [-0.3, -0.25) is 24.6 Å². The molecule has 0 bridgehead atoms. The molecule has 228 valence electrons. The highest BCUT2D eigenvalue weighted by Gasteiger charge is 2.35. The number of rotatable bonds is 7. The predicted molar refractivity (Wildman–Crippen MR) is 161 cm³/mol. The normalized spacial score (nSPS) is 20.9. The lowest BCUT2D eigenvalue weighted by Crippen LogP contribution is -2.57. The summed E-state index contributed by atoms with van der Waals surface area (Å²) in [4.78, 5) is 52.1. The van der Waals surface area contributed by atoms with E-state index in [9.17, 15) is 19.2 Å². The number of carbonyl (C=O) groups excluding carboxylic acids is 4. The molecule has 0 saturated carbocycles. The summed E-state index contributed by atoms with van der Waals surface area (Å²) in [6, 6.07) is 6.36. The molecule has 0 aromatic heterocycles. The molecule has 3 aliphatic heterocycles. The van der Waals surface area contributed by atoms with Gasteiger partial charge in [-0.05, 0) is 70.2 Å². The Morgan fingerprint density at radius 1 is 1.10 bits per heavy atom. The first-order valence-electron chi connectivity index (χ1n) is 15.2. The molecule has 4 rings (SSSR count). The average molecular weight is 571 g/mol. The molecule has 41 heavy (non-hydrogen) atoms. The number of ketones is 1. The lowest BCUT2D eigenvalue weighted by molar-refractivity contribution is -0.135. The molecule has 3 amide bonds. The number of piperazine rings is 1. The van der Waals surface area contributed by atoms with Crippen LogP contribution in [0.1, 0.15) is 83.7 Å². The van der Waals surface area contributed by atoms with Gasteiger partial charge in [0.05, 0.1) is 0 Å². The highest BCUT2D eigenvalue weighted by molar-refractivity contribution is 5.98. The molecule has 9 nitrogen and oxygen atoms in total. The summed E-state index contributed by atoms with van der Waals surface area (Å²) in [6.07, 6.45) is 3.07. The van der Waals surface area contributed by atoms with Gasteiger partial charge in [-0.15, -0.1) is 0 Å². The van der Waals surface area contributed by atoms with Gasteiger partial charge in [0, 0.05) is 75.3 Å². The molecule has 0 aliphatic carbocycles. The first-order chi connectivity index (χ1) is 19.3. The lowest BCUT2D eigenvalue weighted by Gasteiger charge is -2.44. The number of likely N-dealkylation sites (tertiary alicyclic amines) is 1. The molecule has 1 aromatic rings. The Kier molecular flexibility index (Phi) is 11.4. The van der Waals surface area contributed by atoms with Crippen molar-refractivity contribution in [2.24, 2.45) is 17.8 Å². The summed E-state index contributed by atoms with van der Waals surface area (Å²) in [5, 5.41) is 2.25. The second kappa shape index (κ2) is 14.3. The van der Waals surface area contributed by atoms with Crippen molar-refractivity contribution in [1.82, 2.24) is 15.1 Å². The SMILES string of the molecule is CC1CCC(=O)NC1=O.CCC(C)Cc1cc(N2CCN(CC3CN(C(=O)OC(C)(C)C)C3)CC2)ccc1C(C)=O. The van der Waals surface area contributed by atoms with Crippen LogP contribution in [0.15, 0.2) is 18.2 Å². The predicted octanol–water partition coefficient (Wildman–Crippen LogP) is 4.53. The number of nitrogens with zero attached hydrogens (tertiary/aromatic N) is 3. The first kappa shape index (κ1) is 32.6. The van der Waals surface area contributed by atoms with Gasteiger partial charge >= 0.3 is 6.09 Å². The fourth-order valence-electron chi connectivity index (χ4n) is 5.33. The van der Waals surface area contributed by atoms with Crippen molar-refractivity contribution in [3.05, 3.63) is 29.3 Å². The topological polar surface area (TPSA) is 99.3 Å². The third kappa shape index (κ3) is 9.83. The Morgan fingerprint density at radius 2 is 1.76 bits per heavy atom. The molecule has 3 heterocycles. The van der Waals surface area contributed by atoms with E-state index in [0.29, 0.717) is 24.7 Å². The Labute approximate surface area is 245 Å². The van der Waals surface area contributed by atoms with Gasteiger partial charge in [-0.1, -0.05) is 27.2 Å². The minimum absolute atomic E-state index is 0.0164. The van der Waals surface area contributed by atoms with Gasteiger partial charge in [0.15, 0.2) is 5.78 Å². The molecule has 1 N–H and O–H groups in total. The second-order valence-electron chi connectivity index (χ2n) is 13.0. The minimum Gasteiger partial charge on any atom is -0.444 e. The van der Waals surface area contributed by atoms with E-state index in [-0.39, 0.29) is 29.6 Å². The molecule has 2 atom stereocenters. The van der Waals surface area contributed by atoms with E-state index in [1.807, 2.05) is 38.7 Å². The molecule has 9 heteroatoms. The van der Waals surface area contributed by atoms with Gasteiger partial charge in [0.25, 0.3) is 0 Å². The van der Waals surface area contributed by atoms with E-state index in [0.717, 1.165) is 64.2 Å². The van der Waals surface area contributed by atoms with Gasteiger partial charge in [-0.25, -0.2) is 4.79 Å². The summed E-state index contributed by atoms with van der Waals surface area (Å²) >= 11 is 0. The molecule has 2 unspecified atom stereocenters. The van der Waals surface area contributed by atoms with Crippen LogP contribution in [-0.4, -0.2) is 84.9 Å². The maximum atomic E-state index is 12.1. The number of hydrogen-bond donors (Lipinski definition) is 1. The fourth-order valence-corrected chi connectivity index (χ4v) is 5.33. The van der Waals surface area contributed by atoms with Crippen molar-refractivity contribution in [3.8, 4) is 0 Å². The van der Waals surface area contributed by atoms with E-state index in [1.165, 1.54) is 11.3 Å². The Morgan fingerprint density at radius 3 is 2.29 bits per heavy atom. The smallest absolute Gasteiger partial charge is 0.410 e. The van der Waals surface area contributed by atoms with Crippen LogP contribution in [0.3, 0.4) is 0 Å². The number of piperidine rings is 1. The molecule has 0 spiro atoms. The van der Waals surface area contributed by atoms with Crippen LogP contribution in [0.5, 0.6) is 0 Å². The maximum Gasteiger partial charge on any atom is 0.410 e. The summed E-state index contributed by atoms with van der Waals surface area (Å²) in [6.45, 7) is 20.3. The van der Waals surface area contributed by atoms with E-state index in [4.69, 9.17) is 4.74 Å². The highest BCUT2D eigenvalue weighted by Crippen LogP contribution is 2.26. The van der Waals surface area contributed by atoms with Crippen molar-refractivity contribution < 1.29 is 23.9 Å². The largest absolute Gasteiger partial charge is 0.444 e. The van der Waals surface area contributed by atoms with E-state index in [2.05, 4.69) is 41.1 Å². The number of imide groups is 1. The van der Waals surface area contributed by atoms with Crippen LogP contribution in [0.25, 0.3) is 0 Å². The quantitative estimate of drug-likeness (QED) is 0.380. The van der Waals surface area contributed by atoms with Crippen molar-refractivity contribution in [2.75, 3.05) is 50.7 Å². The number of benzene rings is 1. The molecular formula is C32H50N4O5. The monoisotopic (exact) mass is 570 g/mol. The van der Waals surface area contributed by atoms with E-state index in [1.54, 1.807) is 6.92 Å². The highest BCUT2D eigenvalue weighted by atomic mass is 16.6. The van der Waals surface area contributed by atoms with Crippen molar-refractivity contribution in [2.45, 2.75) is 79.8 Å². The van der Waals surface area contributed by atoms with Gasteiger partial charge < -0.3 is 14.5 Å². The summed E-state index contributed by atoms with van der Waals surface area (Å²) in [5.74, 6) is 1.00. The Hall–Kier alpha value is -2.94. The van der Waals surface area contributed by atoms with E-state index < -0.39 is 5.60 Å². The summed E-state index contributed by atoms with van der Waals surface area (Å²) < 4.78 is 5.45. The van der Waals surface area contributed by atoms with E-state index >= 15 is 0 Å². The molecule has 3 fully saturated rings. The van der Waals surface area contributed by atoms with Gasteiger partial charge in [0.2, 0.25) is 11.8 Å². The summed E-state index contributed by atoms with van der Waals surface area (Å²) in [5.41, 5.74) is 2.85. The maximum absolute atomic E-state index is 12.1. The van der Waals surface area contributed by atoms with Crippen LogP contribution in [0, 0.1) is 17.8 Å². The van der Waals surface area contributed by atoms with Crippen molar-refractivity contribution >= 4 is 29.4 Å². The van der Waals surface area contributed by atoms with Crippen molar-refractivity contribution in [3.63, 3.8) is 0 Å². The molecule has 1 aromatic carbocycles. The fraction of sp³-hybridized carbons (Fsp3) is 0.688. The van der Waals surface area contributed by atoms with Crippen LogP contribution in [0.4, 0.5) is 10.5 Å².